The molecule has 1 aromatic carbocycles. The van der Waals surface area contributed by atoms with Crippen molar-refractivity contribution in [3.8, 4) is 16.9 Å². The third-order valence-corrected chi connectivity index (χ3v) is 2.55. The molecular formula is C11H8ClFN2O2. The van der Waals surface area contributed by atoms with E-state index in [-0.39, 0.29) is 16.1 Å². The van der Waals surface area contributed by atoms with E-state index in [0.717, 1.165) is 6.07 Å². The minimum Gasteiger partial charge on any atom is -0.495 e. The van der Waals surface area contributed by atoms with E-state index in [9.17, 15) is 9.18 Å². The highest BCUT2D eigenvalue weighted by Crippen LogP contribution is 2.31. The second kappa shape index (κ2) is 4.55. The zero-order chi connectivity index (χ0) is 12.4. The SMILES string of the molecule is COc1cc(-c2ccn[nH]c2=O)c(F)cc1Cl. The molecule has 0 fully saturated rings. The summed E-state index contributed by atoms with van der Waals surface area (Å²) in [6, 6.07) is 3.91. The predicted molar refractivity (Wildman–Crippen MR) is 61.8 cm³/mol. The molecule has 4 nitrogen and oxygen atoms in total. The molecule has 88 valence electrons. The van der Waals surface area contributed by atoms with Gasteiger partial charge in [0.2, 0.25) is 0 Å². The number of aromatic amines is 1. The summed E-state index contributed by atoms with van der Waals surface area (Å²) in [7, 11) is 1.42. The van der Waals surface area contributed by atoms with Crippen molar-refractivity contribution >= 4 is 11.6 Å². The Morgan fingerprint density at radius 2 is 2.18 bits per heavy atom. The van der Waals surface area contributed by atoms with Gasteiger partial charge < -0.3 is 4.74 Å². The molecule has 0 radical (unpaired) electrons. The molecule has 0 saturated carbocycles. The Balaban J connectivity index is 2.68. The van der Waals surface area contributed by atoms with Crippen LogP contribution in [0.25, 0.3) is 11.1 Å². The van der Waals surface area contributed by atoms with Crippen molar-refractivity contribution in [1.29, 1.82) is 0 Å². The Kier molecular flexibility index (Phi) is 3.10. The Morgan fingerprint density at radius 3 is 2.82 bits per heavy atom. The summed E-state index contributed by atoms with van der Waals surface area (Å²) < 4.78 is 18.7. The van der Waals surface area contributed by atoms with Crippen LogP contribution in [-0.4, -0.2) is 17.3 Å². The maximum absolute atomic E-state index is 13.7. The standard InChI is InChI=1S/C11H8ClFN2O2/c1-17-10-4-7(9(13)5-8(10)12)6-2-3-14-15-11(6)16/h2-5H,1H3,(H,15,16). The Hall–Kier alpha value is -1.88. The summed E-state index contributed by atoms with van der Waals surface area (Å²) >= 11 is 5.77. The van der Waals surface area contributed by atoms with E-state index in [2.05, 4.69) is 10.2 Å². The molecule has 0 aliphatic carbocycles. The van der Waals surface area contributed by atoms with Crippen molar-refractivity contribution in [1.82, 2.24) is 10.2 Å². The van der Waals surface area contributed by atoms with Crippen molar-refractivity contribution in [2.45, 2.75) is 0 Å². The maximum atomic E-state index is 13.7. The van der Waals surface area contributed by atoms with Crippen LogP contribution in [0, 0.1) is 5.82 Å². The van der Waals surface area contributed by atoms with Crippen LogP contribution in [0.1, 0.15) is 0 Å². The average molecular weight is 255 g/mol. The molecule has 0 aliphatic heterocycles. The lowest BCUT2D eigenvalue weighted by molar-refractivity contribution is 0.414. The molecule has 1 aromatic heterocycles. The van der Waals surface area contributed by atoms with Gasteiger partial charge in [-0.15, -0.1) is 0 Å². The Bertz CT molecular complexity index is 613. The fraction of sp³-hybridized carbons (Fsp3) is 0.0909. The summed E-state index contributed by atoms with van der Waals surface area (Å²) in [6.07, 6.45) is 1.37. The van der Waals surface area contributed by atoms with Gasteiger partial charge in [-0.3, -0.25) is 4.79 Å². The van der Waals surface area contributed by atoms with Gasteiger partial charge in [0.1, 0.15) is 11.6 Å². The van der Waals surface area contributed by atoms with Crippen molar-refractivity contribution in [2.75, 3.05) is 7.11 Å². The number of methoxy groups -OCH3 is 1. The first-order valence-corrected chi connectivity index (χ1v) is 5.08. The highest BCUT2D eigenvalue weighted by molar-refractivity contribution is 6.32. The third kappa shape index (κ3) is 2.14. The van der Waals surface area contributed by atoms with E-state index in [4.69, 9.17) is 16.3 Å². The number of nitrogens with one attached hydrogen (secondary N) is 1. The van der Waals surface area contributed by atoms with Crippen LogP contribution in [0.4, 0.5) is 4.39 Å². The number of nitrogens with zero attached hydrogens (tertiary/aromatic N) is 1. The van der Waals surface area contributed by atoms with Gasteiger partial charge in [-0.25, -0.2) is 9.49 Å². The molecule has 0 saturated heterocycles. The molecule has 6 heteroatoms. The first-order chi connectivity index (χ1) is 8.13. The smallest absolute Gasteiger partial charge is 0.272 e. The van der Waals surface area contributed by atoms with Gasteiger partial charge in [0, 0.05) is 11.8 Å². The average Bonchev–Trinajstić information content (AvgIpc) is 2.31. The summed E-state index contributed by atoms with van der Waals surface area (Å²) in [5.41, 5.74) is -0.182. The lowest BCUT2D eigenvalue weighted by Gasteiger charge is -2.07. The van der Waals surface area contributed by atoms with E-state index < -0.39 is 11.4 Å². The summed E-state index contributed by atoms with van der Waals surface area (Å²) in [5.74, 6) is -0.285. The van der Waals surface area contributed by atoms with Crippen LogP contribution >= 0.6 is 11.6 Å². The number of hydrogen-bond donors (Lipinski definition) is 1. The fourth-order valence-corrected chi connectivity index (χ4v) is 1.68. The van der Waals surface area contributed by atoms with Crippen molar-refractivity contribution in [3.63, 3.8) is 0 Å². The second-order valence-corrected chi connectivity index (χ2v) is 3.67. The van der Waals surface area contributed by atoms with Gasteiger partial charge >= 0.3 is 0 Å². The van der Waals surface area contributed by atoms with Crippen LogP contribution in [0.3, 0.4) is 0 Å². The molecule has 1 heterocycles. The number of benzene rings is 1. The van der Waals surface area contributed by atoms with Crippen LogP contribution in [0.15, 0.2) is 29.2 Å². The van der Waals surface area contributed by atoms with Crippen molar-refractivity contribution in [2.24, 2.45) is 0 Å². The van der Waals surface area contributed by atoms with E-state index >= 15 is 0 Å². The molecule has 0 atom stereocenters. The van der Waals surface area contributed by atoms with E-state index in [1.54, 1.807) is 0 Å². The molecule has 0 unspecified atom stereocenters. The first-order valence-electron chi connectivity index (χ1n) is 4.70. The number of ether oxygens (including phenoxy) is 1. The topological polar surface area (TPSA) is 55.0 Å². The molecule has 0 bridgehead atoms. The van der Waals surface area contributed by atoms with Crippen LogP contribution in [0.5, 0.6) is 5.75 Å². The zero-order valence-electron chi connectivity index (χ0n) is 8.83. The van der Waals surface area contributed by atoms with Gasteiger partial charge in [-0.2, -0.15) is 5.10 Å². The number of hydrogen-bond acceptors (Lipinski definition) is 3. The Morgan fingerprint density at radius 1 is 1.41 bits per heavy atom. The molecule has 1 N–H and O–H groups in total. The molecule has 0 spiro atoms. The molecule has 2 aromatic rings. The largest absolute Gasteiger partial charge is 0.495 e. The molecule has 17 heavy (non-hydrogen) atoms. The molecule has 0 aliphatic rings. The van der Waals surface area contributed by atoms with E-state index in [0.29, 0.717) is 5.75 Å². The molecule has 2 rings (SSSR count). The van der Waals surface area contributed by atoms with Crippen molar-refractivity contribution in [3.05, 3.63) is 45.6 Å². The highest BCUT2D eigenvalue weighted by Gasteiger charge is 2.13. The monoisotopic (exact) mass is 254 g/mol. The first kappa shape index (κ1) is 11.6. The minimum absolute atomic E-state index is 0.120. The summed E-state index contributed by atoms with van der Waals surface area (Å²) in [6.45, 7) is 0. The normalized spacial score (nSPS) is 10.3. The van der Waals surface area contributed by atoms with Gasteiger partial charge in [0.05, 0.1) is 17.7 Å². The number of H-pyrrole nitrogens is 1. The maximum Gasteiger partial charge on any atom is 0.272 e. The highest BCUT2D eigenvalue weighted by atomic mass is 35.5. The van der Waals surface area contributed by atoms with Crippen LogP contribution in [0.2, 0.25) is 5.02 Å². The van der Waals surface area contributed by atoms with E-state index in [1.165, 1.54) is 25.4 Å². The Labute approximate surface area is 101 Å². The lowest BCUT2D eigenvalue weighted by Crippen LogP contribution is -2.10. The number of aromatic nitrogens is 2. The van der Waals surface area contributed by atoms with Crippen LogP contribution < -0.4 is 10.3 Å². The minimum atomic E-state index is -0.590. The van der Waals surface area contributed by atoms with Gasteiger partial charge in [-0.05, 0) is 18.2 Å². The second-order valence-electron chi connectivity index (χ2n) is 3.27. The number of halogens is 2. The lowest BCUT2D eigenvalue weighted by atomic mass is 10.1. The molecular weight excluding hydrogens is 247 g/mol. The third-order valence-electron chi connectivity index (χ3n) is 2.26. The van der Waals surface area contributed by atoms with Crippen molar-refractivity contribution < 1.29 is 9.13 Å². The predicted octanol–water partition coefficient (Wildman–Crippen LogP) is 2.24. The quantitative estimate of drug-likeness (QED) is 0.894. The van der Waals surface area contributed by atoms with E-state index in [1.807, 2.05) is 0 Å². The summed E-state index contributed by atoms with van der Waals surface area (Å²) in [5, 5.41) is 5.93. The zero-order valence-corrected chi connectivity index (χ0v) is 9.58. The summed E-state index contributed by atoms with van der Waals surface area (Å²) in [4.78, 5) is 11.5. The fourth-order valence-electron chi connectivity index (χ4n) is 1.45. The van der Waals surface area contributed by atoms with Gasteiger partial charge in [-0.1, -0.05) is 11.6 Å². The number of rotatable bonds is 2. The van der Waals surface area contributed by atoms with Crippen LogP contribution in [-0.2, 0) is 0 Å². The van der Waals surface area contributed by atoms with Gasteiger partial charge in [0.15, 0.2) is 0 Å². The van der Waals surface area contributed by atoms with Gasteiger partial charge in [0.25, 0.3) is 5.56 Å². The molecule has 0 amide bonds.